The molecule has 0 bridgehead atoms. The van der Waals surface area contributed by atoms with Crippen LogP contribution < -0.4 is 0 Å². The van der Waals surface area contributed by atoms with Crippen molar-refractivity contribution in [2.24, 2.45) is 0 Å². The molecule has 160 valence electrons. The number of hydrogen-bond donors (Lipinski definition) is 0. The molecule has 0 aliphatic heterocycles. The predicted molar refractivity (Wildman–Crippen MR) is 115 cm³/mol. The third kappa shape index (κ3) is 21.3. The van der Waals surface area contributed by atoms with Gasteiger partial charge in [0.1, 0.15) is 0 Å². The summed E-state index contributed by atoms with van der Waals surface area (Å²) in [7, 11) is 0. The molecule has 0 N–H and O–H groups in total. The monoisotopic (exact) mass is 382 g/mol. The average Bonchev–Trinajstić information content (AvgIpc) is 2.65. The summed E-state index contributed by atoms with van der Waals surface area (Å²) in [5.41, 5.74) is 0. The van der Waals surface area contributed by atoms with Crippen molar-refractivity contribution in [2.45, 2.75) is 142 Å². The van der Waals surface area contributed by atoms with Crippen LogP contribution in [0.25, 0.3) is 0 Å². The highest BCUT2D eigenvalue weighted by molar-refractivity contribution is 5.85. The van der Waals surface area contributed by atoms with Gasteiger partial charge in [0.25, 0.3) is 0 Å². The van der Waals surface area contributed by atoms with Crippen LogP contribution in [-0.4, -0.2) is 11.9 Å². The second-order valence-corrected chi connectivity index (χ2v) is 8.00. The molecule has 0 saturated carbocycles. The smallest absolute Gasteiger partial charge is 0.313 e. The van der Waals surface area contributed by atoms with Gasteiger partial charge < -0.3 is 4.74 Å². The van der Waals surface area contributed by atoms with Gasteiger partial charge in [0, 0.05) is 12.8 Å². The van der Waals surface area contributed by atoms with Crippen molar-refractivity contribution in [1.82, 2.24) is 0 Å². The Bertz CT molecular complexity index is 339. The van der Waals surface area contributed by atoms with E-state index >= 15 is 0 Å². The zero-order valence-electron chi connectivity index (χ0n) is 18.4. The van der Waals surface area contributed by atoms with Gasteiger partial charge in [-0.15, -0.1) is 0 Å². The first kappa shape index (κ1) is 26.1. The van der Waals surface area contributed by atoms with Crippen LogP contribution in [0, 0.1) is 0 Å². The van der Waals surface area contributed by atoms with Crippen molar-refractivity contribution in [2.75, 3.05) is 0 Å². The van der Waals surface area contributed by atoms with Gasteiger partial charge in [-0.3, -0.25) is 9.59 Å². The summed E-state index contributed by atoms with van der Waals surface area (Å²) >= 11 is 0. The molecule has 0 unspecified atom stereocenters. The van der Waals surface area contributed by atoms with Crippen LogP contribution in [0.4, 0.5) is 0 Å². The maximum atomic E-state index is 11.7. The van der Waals surface area contributed by atoms with Crippen molar-refractivity contribution < 1.29 is 14.3 Å². The zero-order chi connectivity index (χ0) is 20.0. The summed E-state index contributed by atoms with van der Waals surface area (Å²) in [4.78, 5) is 23.3. The minimum atomic E-state index is -0.336. The molecule has 0 amide bonds. The molecular formula is C24H46O3. The zero-order valence-corrected chi connectivity index (χ0v) is 18.4. The number of hydrogen-bond acceptors (Lipinski definition) is 3. The number of esters is 2. The van der Waals surface area contributed by atoms with Crippen LogP contribution in [0.15, 0.2) is 0 Å². The average molecular weight is 383 g/mol. The van der Waals surface area contributed by atoms with Gasteiger partial charge in [-0.2, -0.15) is 0 Å². The quantitative estimate of drug-likeness (QED) is 0.122. The highest BCUT2D eigenvalue weighted by atomic mass is 16.6. The third-order valence-corrected chi connectivity index (χ3v) is 5.20. The maximum Gasteiger partial charge on any atom is 0.313 e. The minimum Gasteiger partial charge on any atom is -0.393 e. The van der Waals surface area contributed by atoms with Crippen LogP contribution in [0.1, 0.15) is 142 Å². The van der Waals surface area contributed by atoms with Crippen LogP contribution >= 0.6 is 0 Å². The normalized spacial score (nSPS) is 10.9. The molecule has 0 saturated heterocycles. The van der Waals surface area contributed by atoms with E-state index in [9.17, 15) is 9.59 Å². The fourth-order valence-electron chi connectivity index (χ4n) is 3.39. The van der Waals surface area contributed by atoms with E-state index in [0.717, 1.165) is 25.7 Å². The number of carbonyl (C=O) groups excluding carboxylic acids is 2. The van der Waals surface area contributed by atoms with E-state index in [4.69, 9.17) is 4.74 Å². The predicted octanol–water partition coefficient (Wildman–Crippen LogP) is 7.90. The van der Waals surface area contributed by atoms with Gasteiger partial charge in [0.2, 0.25) is 0 Å². The number of unbranched alkanes of at least 4 members (excludes halogenated alkanes) is 16. The topological polar surface area (TPSA) is 43.4 Å². The van der Waals surface area contributed by atoms with Crippen LogP contribution in [-0.2, 0) is 14.3 Å². The SMILES string of the molecule is CCCCCCCCCCCCCC(=O)OC(=O)CCCCCCCCC. The Hall–Kier alpha value is -0.860. The lowest BCUT2D eigenvalue weighted by atomic mass is 10.1. The van der Waals surface area contributed by atoms with E-state index in [0.29, 0.717) is 12.8 Å². The van der Waals surface area contributed by atoms with Crippen molar-refractivity contribution in [3.8, 4) is 0 Å². The Kier molecular flexibility index (Phi) is 20.8. The van der Waals surface area contributed by atoms with Gasteiger partial charge in [-0.05, 0) is 12.8 Å². The molecule has 0 radical (unpaired) electrons. The van der Waals surface area contributed by atoms with E-state index < -0.39 is 0 Å². The van der Waals surface area contributed by atoms with E-state index in [-0.39, 0.29) is 11.9 Å². The summed E-state index contributed by atoms with van der Waals surface area (Å²) in [6, 6.07) is 0. The Morgan fingerprint density at radius 2 is 0.704 bits per heavy atom. The van der Waals surface area contributed by atoms with Gasteiger partial charge in [-0.25, -0.2) is 0 Å². The van der Waals surface area contributed by atoms with Gasteiger partial charge in [-0.1, -0.05) is 117 Å². The Labute approximate surface area is 169 Å². The standard InChI is InChI=1S/C24H46O3/c1-3-5-7-9-11-12-13-14-16-18-20-22-24(26)27-23(25)21-19-17-15-10-8-6-4-2/h3-22H2,1-2H3. The van der Waals surface area contributed by atoms with Crippen molar-refractivity contribution in [3.63, 3.8) is 0 Å². The Balaban J connectivity index is 3.32. The second-order valence-electron chi connectivity index (χ2n) is 8.00. The lowest BCUT2D eigenvalue weighted by Crippen LogP contribution is -2.11. The minimum absolute atomic E-state index is 0.334. The summed E-state index contributed by atoms with van der Waals surface area (Å²) in [6.45, 7) is 4.46. The molecule has 27 heavy (non-hydrogen) atoms. The molecule has 0 spiro atoms. The molecule has 3 heteroatoms. The molecule has 0 aliphatic carbocycles. The fraction of sp³-hybridized carbons (Fsp3) is 0.917. The first-order valence-electron chi connectivity index (χ1n) is 11.9. The van der Waals surface area contributed by atoms with E-state index in [1.54, 1.807) is 0 Å². The van der Waals surface area contributed by atoms with E-state index in [1.807, 2.05) is 0 Å². The molecule has 0 atom stereocenters. The van der Waals surface area contributed by atoms with Gasteiger partial charge in [0.05, 0.1) is 0 Å². The highest BCUT2D eigenvalue weighted by Gasteiger charge is 2.09. The van der Waals surface area contributed by atoms with Crippen LogP contribution in [0.5, 0.6) is 0 Å². The van der Waals surface area contributed by atoms with Gasteiger partial charge in [0.15, 0.2) is 0 Å². The van der Waals surface area contributed by atoms with Gasteiger partial charge >= 0.3 is 11.9 Å². The van der Waals surface area contributed by atoms with E-state index in [1.165, 1.54) is 89.9 Å². The Morgan fingerprint density at radius 1 is 0.444 bits per heavy atom. The summed E-state index contributed by atoms with van der Waals surface area (Å²) in [6.07, 6.45) is 22.8. The number of ether oxygens (including phenoxy) is 1. The lowest BCUT2D eigenvalue weighted by molar-refractivity contribution is -0.159. The molecule has 0 heterocycles. The van der Waals surface area contributed by atoms with E-state index in [2.05, 4.69) is 13.8 Å². The number of carbonyl (C=O) groups is 2. The Morgan fingerprint density at radius 3 is 1.00 bits per heavy atom. The number of rotatable bonds is 20. The van der Waals surface area contributed by atoms with Crippen molar-refractivity contribution in [1.29, 1.82) is 0 Å². The first-order chi connectivity index (χ1) is 13.2. The summed E-state index contributed by atoms with van der Waals surface area (Å²) in [5, 5.41) is 0. The molecule has 0 aliphatic rings. The molecule has 0 aromatic carbocycles. The lowest BCUT2D eigenvalue weighted by Gasteiger charge is -2.04. The first-order valence-corrected chi connectivity index (χ1v) is 11.9. The molecule has 0 rings (SSSR count). The molecule has 0 aromatic heterocycles. The molecular weight excluding hydrogens is 336 g/mol. The van der Waals surface area contributed by atoms with Crippen molar-refractivity contribution in [3.05, 3.63) is 0 Å². The van der Waals surface area contributed by atoms with Crippen LogP contribution in [0.2, 0.25) is 0 Å². The fourth-order valence-corrected chi connectivity index (χ4v) is 3.39. The third-order valence-electron chi connectivity index (χ3n) is 5.20. The molecule has 0 aromatic rings. The highest BCUT2D eigenvalue weighted by Crippen LogP contribution is 2.13. The largest absolute Gasteiger partial charge is 0.393 e. The second kappa shape index (κ2) is 21.4. The molecule has 0 fully saturated rings. The summed E-state index contributed by atoms with van der Waals surface area (Å²) < 4.78 is 4.91. The summed E-state index contributed by atoms with van der Waals surface area (Å²) in [5.74, 6) is -0.671. The van der Waals surface area contributed by atoms with Crippen LogP contribution in [0.3, 0.4) is 0 Å². The molecule has 3 nitrogen and oxygen atoms in total. The van der Waals surface area contributed by atoms with Crippen molar-refractivity contribution >= 4 is 11.9 Å². The maximum absolute atomic E-state index is 11.7.